The van der Waals surface area contributed by atoms with Crippen LogP contribution in [0.5, 0.6) is 0 Å². The number of para-hydroxylation sites is 1. The number of aliphatic carboxylic acids is 1. The molecule has 3 N–H and O–H groups in total. The molecule has 0 aliphatic carbocycles. The van der Waals surface area contributed by atoms with Gasteiger partial charge in [-0.1, -0.05) is 25.5 Å². The summed E-state index contributed by atoms with van der Waals surface area (Å²) in [7, 11) is 0. The molecule has 1 unspecified atom stereocenters. The van der Waals surface area contributed by atoms with Gasteiger partial charge in [0, 0.05) is 11.6 Å². The number of fused-ring (bicyclic) bond motifs is 1. The Kier molecular flexibility index (Phi) is 3.85. The lowest BCUT2D eigenvalue weighted by atomic mass is 10.1. The number of hydrogen-bond donors (Lipinski definition) is 3. The van der Waals surface area contributed by atoms with Crippen LogP contribution in [0.3, 0.4) is 0 Å². The van der Waals surface area contributed by atoms with Crippen LogP contribution >= 0.6 is 0 Å². The monoisotopic (exact) mass is 260 g/mol. The summed E-state index contributed by atoms with van der Waals surface area (Å²) in [5.74, 6) is -1.37. The summed E-state index contributed by atoms with van der Waals surface area (Å²) >= 11 is 0. The van der Waals surface area contributed by atoms with E-state index in [0.29, 0.717) is 18.4 Å². The summed E-state index contributed by atoms with van der Waals surface area (Å²) in [4.78, 5) is 26.2. The molecule has 0 aliphatic rings. The molecule has 0 radical (unpaired) electrons. The number of nitrogens with one attached hydrogen (secondary N) is 2. The fourth-order valence-electron chi connectivity index (χ4n) is 2.06. The van der Waals surface area contributed by atoms with Crippen molar-refractivity contribution < 1.29 is 14.7 Å². The summed E-state index contributed by atoms with van der Waals surface area (Å²) in [5, 5.41) is 12.5. The normalized spacial score (nSPS) is 12.3. The fraction of sp³-hybridized carbons (Fsp3) is 0.286. The van der Waals surface area contributed by atoms with Crippen molar-refractivity contribution in [1.82, 2.24) is 10.3 Å². The van der Waals surface area contributed by atoms with Gasteiger partial charge in [-0.15, -0.1) is 0 Å². The Hall–Kier alpha value is -2.30. The zero-order chi connectivity index (χ0) is 13.8. The molecule has 0 saturated heterocycles. The summed E-state index contributed by atoms with van der Waals surface area (Å²) in [6.07, 6.45) is 2.87. The average molecular weight is 260 g/mol. The van der Waals surface area contributed by atoms with E-state index in [1.54, 1.807) is 18.3 Å². The summed E-state index contributed by atoms with van der Waals surface area (Å²) in [6.45, 7) is 1.88. The molecule has 1 heterocycles. The number of carboxylic acid groups (broad SMARTS) is 1. The Morgan fingerprint density at radius 2 is 2.16 bits per heavy atom. The molecule has 5 nitrogen and oxygen atoms in total. The van der Waals surface area contributed by atoms with E-state index in [9.17, 15) is 9.59 Å². The highest BCUT2D eigenvalue weighted by Gasteiger charge is 2.20. The third kappa shape index (κ3) is 2.76. The van der Waals surface area contributed by atoms with Crippen molar-refractivity contribution in [2.24, 2.45) is 0 Å². The van der Waals surface area contributed by atoms with Gasteiger partial charge < -0.3 is 15.4 Å². The van der Waals surface area contributed by atoms with Crippen LogP contribution in [-0.2, 0) is 4.79 Å². The number of H-pyrrole nitrogens is 1. The first-order valence-electron chi connectivity index (χ1n) is 6.23. The van der Waals surface area contributed by atoms with Gasteiger partial charge in [-0.05, 0) is 18.6 Å². The van der Waals surface area contributed by atoms with Gasteiger partial charge >= 0.3 is 5.97 Å². The Morgan fingerprint density at radius 3 is 2.84 bits per heavy atom. The van der Waals surface area contributed by atoms with Gasteiger partial charge in [-0.2, -0.15) is 0 Å². The van der Waals surface area contributed by atoms with Gasteiger partial charge in [0.1, 0.15) is 6.04 Å². The summed E-state index contributed by atoms with van der Waals surface area (Å²) < 4.78 is 0. The van der Waals surface area contributed by atoms with E-state index in [2.05, 4.69) is 10.3 Å². The minimum atomic E-state index is -1.01. The second kappa shape index (κ2) is 5.56. The molecular formula is C14H16N2O3. The molecule has 2 aromatic rings. The highest BCUT2D eigenvalue weighted by molar-refractivity contribution is 6.06. The van der Waals surface area contributed by atoms with E-state index >= 15 is 0 Å². The maximum atomic E-state index is 12.2. The molecule has 0 fully saturated rings. The fourth-order valence-corrected chi connectivity index (χ4v) is 2.06. The molecule has 2 rings (SSSR count). The molecule has 19 heavy (non-hydrogen) atoms. The highest BCUT2D eigenvalue weighted by atomic mass is 16.4. The Labute approximate surface area is 110 Å². The maximum absolute atomic E-state index is 12.2. The topological polar surface area (TPSA) is 82.2 Å². The molecular weight excluding hydrogens is 244 g/mol. The first kappa shape index (κ1) is 13.1. The van der Waals surface area contributed by atoms with Crippen LogP contribution in [0.2, 0.25) is 0 Å². The number of hydrogen-bond acceptors (Lipinski definition) is 2. The quantitative estimate of drug-likeness (QED) is 0.770. The van der Waals surface area contributed by atoms with Gasteiger partial charge in [0.15, 0.2) is 0 Å². The lowest BCUT2D eigenvalue weighted by molar-refractivity contribution is -0.139. The van der Waals surface area contributed by atoms with Crippen LogP contribution in [0.15, 0.2) is 30.5 Å². The van der Waals surface area contributed by atoms with E-state index in [4.69, 9.17) is 5.11 Å². The average Bonchev–Trinajstić information content (AvgIpc) is 2.85. The van der Waals surface area contributed by atoms with Crippen LogP contribution in [-0.4, -0.2) is 28.0 Å². The third-order valence-electron chi connectivity index (χ3n) is 3.01. The van der Waals surface area contributed by atoms with Gasteiger partial charge in [0.2, 0.25) is 0 Å². The number of carboxylic acids is 1. The molecule has 0 saturated carbocycles. The van der Waals surface area contributed by atoms with Gasteiger partial charge in [0.25, 0.3) is 5.91 Å². The Balaban J connectivity index is 2.24. The second-order valence-corrected chi connectivity index (χ2v) is 4.40. The van der Waals surface area contributed by atoms with Crippen LogP contribution in [0.4, 0.5) is 0 Å². The van der Waals surface area contributed by atoms with Crippen LogP contribution in [0, 0.1) is 0 Å². The van der Waals surface area contributed by atoms with E-state index in [1.807, 2.05) is 19.1 Å². The van der Waals surface area contributed by atoms with Crippen molar-refractivity contribution in [2.45, 2.75) is 25.8 Å². The molecule has 1 amide bonds. The minimum absolute atomic E-state index is 0.367. The molecule has 1 aromatic carbocycles. The lowest BCUT2D eigenvalue weighted by Crippen LogP contribution is -2.40. The number of amides is 1. The molecule has 0 aliphatic heterocycles. The maximum Gasteiger partial charge on any atom is 0.326 e. The summed E-state index contributed by atoms with van der Waals surface area (Å²) in [5.41, 5.74) is 1.19. The van der Waals surface area contributed by atoms with Crippen molar-refractivity contribution in [1.29, 1.82) is 0 Å². The molecule has 100 valence electrons. The molecule has 1 atom stereocenters. The zero-order valence-electron chi connectivity index (χ0n) is 10.6. The number of benzene rings is 1. The second-order valence-electron chi connectivity index (χ2n) is 4.40. The molecule has 0 bridgehead atoms. The first-order valence-corrected chi connectivity index (χ1v) is 6.23. The van der Waals surface area contributed by atoms with E-state index in [0.717, 1.165) is 10.9 Å². The number of carbonyl (C=O) groups is 2. The third-order valence-corrected chi connectivity index (χ3v) is 3.01. The molecule has 0 spiro atoms. The van der Waals surface area contributed by atoms with Crippen molar-refractivity contribution in [3.05, 3.63) is 36.0 Å². The van der Waals surface area contributed by atoms with Gasteiger partial charge in [-0.25, -0.2) is 4.79 Å². The van der Waals surface area contributed by atoms with E-state index in [-0.39, 0.29) is 5.91 Å². The van der Waals surface area contributed by atoms with Gasteiger partial charge in [0.05, 0.1) is 11.1 Å². The Bertz CT molecular complexity index is 604. The first-order chi connectivity index (χ1) is 9.13. The van der Waals surface area contributed by atoms with E-state index < -0.39 is 12.0 Å². The number of rotatable bonds is 5. The number of aromatic nitrogens is 1. The highest BCUT2D eigenvalue weighted by Crippen LogP contribution is 2.17. The van der Waals surface area contributed by atoms with Crippen molar-refractivity contribution >= 4 is 22.8 Å². The number of aromatic amines is 1. The molecule has 5 heteroatoms. The number of carbonyl (C=O) groups excluding carboxylic acids is 1. The largest absolute Gasteiger partial charge is 0.480 e. The summed E-state index contributed by atoms with van der Waals surface area (Å²) in [6, 6.07) is 6.37. The van der Waals surface area contributed by atoms with Crippen molar-refractivity contribution in [2.75, 3.05) is 0 Å². The molecule has 1 aromatic heterocycles. The predicted octanol–water partition coefficient (Wildman–Crippen LogP) is 2.15. The van der Waals surface area contributed by atoms with Crippen LogP contribution in [0.1, 0.15) is 30.1 Å². The Morgan fingerprint density at radius 1 is 1.37 bits per heavy atom. The lowest BCUT2D eigenvalue weighted by Gasteiger charge is -2.13. The van der Waals surface area contributed by atoms with Crippen LogP contribution < -0.4 is 5.32 Å². The van der Waals surface area contributed by atoms with Gasteiger partial charge in [-0.3, -0.25) is 4.79 Å². The van der Waals surface area contributed by atoms with Crippen molar-refractivity contribution in [3.8, 4) is 0 Å². The predicted molar refractivity (Wildman–Crippen MR) is 72.1 cm³/mol. The smallest absolute Gasteiger partial charge is 0.326 e. The van der Waals surface area contributed by atoms with Crippen LogP contribution in [0.25, 0.3) is 10.9 Å². The zero-order valence-corrected chi connectivity index (χ0v) is 10.6. The minimum Gasteiger partial charge on any atom is -0.480 e. The van der Waals surface area contributed by atoms with E-state index in [1.165, 1.54) is 0 Å². The standard InChI is InChI=1S/C14H16N2O3/c1-2-4-11(14(18)19)16-13(17)10-6-3-5-9-7-8-15-12(9)10/h3,5-8,11,15H,2,4H2,1H3,(H,16,17)(H,18,19). The van der Waals surface area contributed by atoms with Crippen molar-refractivity contribution in [3.63, 3.8) is 0 Å². The SMILES string of the molecule is CCCC(NC(=O)c1cccc2cc[nH]c12)C(=O)O.